The molecule has 15 heavy (non-hydrogen) atoms. The third-order valence-electron chi connectivity index (χ3n) is 4.44. The molecule has 1 aliphatic heterocycles. The largest absolute Gasteiger partial charge is 0.155 e. The summed E-state index contributed by atoms with van der Waals surface area (Å²) in [6.45, 7) is 2.32. The molecule has 2 atom stereocenters. The first-order chi connectivity index (χ1) is 7.37. The molecule has 88 valence electrons. The zero-order valence-electron chi connectivity index (χ0n) is 10.3. The monoisotopic (exact) mass is 226 g/mol. The van der Waals surface area contributed by atoms with E-state index in [1.54, 1.807) is 12.8 Å². The van der Waals surface area contributed by atoms with E-state index in [1.807, 2.05) is 0 Å². The van der Waals surface area contributed by atoms with Crippen LogP contribution in [-0.2, 0) is 0 Å². The Morgan fingerprint density at radius 2 is 2.00 bits per heavy atom. The third-order valence-corrected chi connectivity index (χ3v) is 6.25. The van der Waals surface area contributed by atoms with Gasteiger partial charge in [0.05, 0.1) is 0 Å². The van der Waals surface area contributed by atoms with E-state index in [-0.39, 0.29) is 0 Å². The molecule has 0 radical (unpaired) electrons. The zero-order chi connectivity index (χ0) is 10.6. The molecule has 1 saturated heterocycles. The second-order valence-electron chi connectivity index (χ2n) is 5.46. The van der Waals surface area contributed by atoms with Gasteiger partial charge < -0.3 is 0 Å². The lowest BCUT2D eigenvalue weighted by Crippen LogP contribution is -2.40. The van der Waals surface area contributed by atoms with Crippen LogP contribution in [0.15, 0.2) is 0 Å². The molecule has 1 heterocycles. The van der Waals surface area contributed by atoms with E-state index < -0.39 is 0 Å². The Bertz CT molecular complexity index is 176. The van der Waals surface area contributed by atoms with Crippen molar-refractivity contribution in [2.24, 2.45) is 5.92 Å². The zero-order valence-corrected chi connectivity index (χ0v) is 11.1. The highest BCUT2D eigenvalue weighted by atomic mass is 32.2. The van der Waals surface area contributed by atoms with Crippen LogP contribution in [-0.4, -0.2) is 10.5 Å². The fourth-order valence-electron chi connectivity index (χ4n) is 3.56. The maximum Gasteiger partial charge on any atom is 0.0188 e. The van der Waals surface area contributed by atoms with Crippen molar-refractivity contribution in [3.63, 3.8) is 0 Å². The summed E-state index contributed by atoms with van der Waals surface area (Å²) in [6.07, 6.45) is 15.0. The van der Waals surface area contributed by atoms with Crippen molar-refractivity contribution in [2.75, 3.05) is 5.75 Å². The van der Waals surface area contributed by atoms with Gasteiger partial charge in [-0.1, -0.05) is 39.0 Å². The minimum absolute atomic E-state index is 0.742. The molecule has 0 spiro atoms. The highest BCUT2D eigenvalue weighted by Crippen LogP contribution is 2.52. The maximum atomic E-state index is 2.35. The van der Waals surface area contributed by atoms with Gasteiger partial charge in [0.1, 0.15) is 0 Å². The molecule has 0 nitrogen and oxygen atoms in total. The molecule has 0 bridgehead atoms. The summed E-state index contributed by atoms with van der Waals surface area (Å²) in [7, 11) is 0. The van der Waals surface area contributed by atoms with Crippen LogP contribution >= 0.6 is 11.8 Å². The van der Waals surface area contributed by atoms with Gasteiger partial charge in [0, 0.05) is 4.75 Å². The smallest absolute Gasteiger partial charge is 0.0188 e. The fourth-order valence-corrected chi connectivity index (χ4v) is 5.33. The molecular formula is C14H26S. The number of rotatable bonds is 4. The van der Waals surface area contributed by atoms with E-state index in [9.17, 15) is 0 Å². The standard InChI is InChI=1S/C14H26S/c1-2-3-5-10-14-11-6-4-8-13(14)9-7-12-15-14/h13H,2-12H2,1H3. The minimum Gasteiger partial charge on any atom is -0.155 e. The lowest BCUT2D eigenvalue weighted by Gasteiger charge is -2.47. The lowest BCUT2D eigenvalue weighted by atomic mass is 9.73. The van der Waals surface area contributed by atoms with Gasteiger partial charge >= 0.3 is 0 Å². The molecule has 2 rings (SSSR count). The Morgan fingerprint density at radius 1 is 1.13 bits per heavy atom. The Balaban J connectivity index is 1.92. The number of unbranched alkanes of at least 4 members (excludes halogenated alkanes) is 2. The first kappa shape index (κ1) is 11.8. The normalized spacial score (nSPS) is 36.2. The van der Waals surface area contributed by atoms with Crippen LogP contribution in [0.4, 0.5) is 0 Å². The van der Waals surface area contributed by atoms with Crippen molar-refractivity contribution >= 4 is 11.8 Å². The number of fused-ring (bicyclic) bond motifs is 1. The number of thioether (sulfide) groups is 1. The predicted molar refractivity (Wildman–Crippen MR) is 70.5 cm³/mol. The molecule has 1 heteroatoms. The first-order valence-electron chi connectivity index (χ1n) is 7.01. The van der Waals surface area contributed by atoms with Gasteiger partial charge in [0.15, 0.2) is 0 Å². The molecule has 0 aromatic carbocycles. The predicted octanol–water partition coefficient (Wildman–Crippen LogP) is 5.02. The molecule has 0 aromatic rings. The van der Waals surface area contributed by atoms with Crippen molar-refractivity contribution in [3.05, 3.63) is 0 Å². The Labute approximate surface area is 99.6 Å². The fraction of sp³-hybridized carbons (Fsp3) is 1.00. The summed E-state index contributed by atoms with van der Waals surface area (Å²) in [5, 5.41) is 0. The summed E-state index contributed by atoms with van der Waals surface area (Å²) >= 11 is 2.35. The van der Waals surface area contributed by atoms with Crippen molar-refractivity contribution in [3.8, 4) is 0 Å². The molecule has 0 N–H and O–H groups in total. The molecule has 2 aliphatic rings. The molecule has 0 aromatic heterocycles. The lowest BCUT2D eigenvalue weighted by molar-refractivity contribution is 0.232. The van der Waals surface area contributed by atoms with Crippen LogP contribution in [0.1, 0.15) is 71.1 Å². The molecule has 1 aliphatic carbocycles. The summed E-state index contributed by atoms with van der Waals surface area (Å²) in [5.74, 6) is 2.53. The average Bonchev–Trinajstić information content (AvgIpc) is 2.29. The molecule has 0 amide bonds. The summed E-state index contributed by atoms with van der Waals surface area (Å²) in [6, 6.07) is 0. The molecule has 1 saturated carbocycles. The average molecular weight is 226 g/mol. The molecule has 2 fully saturated rings. The van der Waals surface area contributed by atoms with Crippen molar-refractivity contribution in [1.82, 2.24) is 0 Å². The topological polar surface area (TPSA) is 0 Å². The molecular weight excluding hydrogens is 200 g/mol. The quantitative estimate of drug-likeness (QED) is 0.606. The highest BCUT2D eigenvalue weighted by Gasteiger charge is 2.41. The third kappa shape index (κ3) is 2.72. The van der Waals surface area contributed by atoms with Crippen LogP contribution in [0.3, 0.4) is 0 Å². The number of hydrogen-bond donors (Lipinski definition) is 0. The minimum atomic E-state index is 0.742. The van der Waals surface area contributed by atoms with E-state index in [2.05, 4.69) is 18.7 Å². The summed E-state index contributed by atoms with van der Waals surface area (Å²) in [4.78, 5) is 0. The Kier molecular flexibility index (Phi) is 4.42. The van der Waals surface area contributed by atoms with Crippen LogP contribution in [0, 0.1) is 5.92 Å². The van der Waals surface area contributed by atoms with Crippen molar-refractivity contribution in [2.45, 2.75) is 75.9 Å². The Hall–Kier alpha value is 0.350. The van der Waals surface area contributed by atoms with Gasteiger partial charge in [-0.15, -0.1) is 0 Å². The SMILES string of the molecule is CCCCCC12CCCCC1CCCS2. The van der Waals surface area contributed by atoms with Gasteiger partial charge in [0.25, 0.3) is 0 Å². The second kappa shape index (κ2) is 5.61. The second-order valence-corrected chi connectivity index (χ2v) is 6.97. The highest BCUT2D eigenvalue weighted by molar-refractivity contribution is 8.00. The first-order valence-corrected chi connectivity index (χ1v) is 8.00. The van der Waals surface area contributed by atoms with E-state index in [1.165, 1.54) is 57.1 Å². The van der Waals surface area contributed by atoms with Crippen LogP contribution in [0.25, 0.3) is 0 Å². The van der Waals surface area contributed by atoms with Crippen LogP contribution in [0.2, 0.25) is 0 Å². The van der Waals surface area contributed by atoms with E-state index in [4.69, 9.17) is 0 Å². The van der Waals surface area contributed by atoms with Crippen molar-refractivity contribution in [1.29, 1.82) is 0 Å². The van der Waals surface area contributed by atoms with E-state index in [0.29, 0.717) is 0 Å². The van der Waals surface area contributed by atoms with Crippen molar-refractivity contribution < 1.29 is 0 Å². The van der Waals surface area contributed by atoms with E-state index in [0.717, 1.165) is 10.7 Å². The Morgan fingerprint density at radius 3 is 2.87 bits per heavy atom. The maximum absolute atomic E-state index is 2.35. The van der Waals surface area contributed by atoms with Crippen LogP contribution < -0.4 is 0 Å². The van der Waals surface area contributed by atoms with Gasteiger partial charge in [-0.25, -0.2) is 0 Å². The van der Waals surface area contributed by atoms with Gasteiger partial charge in [0.2, 0.25) is 0 Å². The van der Waals surface area contributed by atoms with Crippen LogP contribution in [0.5, 0.6) is 0 Å². The summed E-state index contributed by atoms with van der Waals surface area (Å²) < 4.78 is 0.742. The van der Waals surface area contributed by atoms with Gasteiger partial charge in [-0.2, -0.15) is 11.8 Å². The van der Waals surface area contributed by atoms with Gasteiger partial charge in [-0.05, 0) is 43.8 Å². The molecule has 2 unspecified atom stereocenters. The van der Waals surface area contributed by atoms with Gasteiger partial charge in [-0.3, -0.25) is 0 Å². The van der Waals surface area contributed by atoms with E-state index >= 15 is 0 Å². The number of hydrogen-bond acceptors (Lipinski definition) is 1. The summed E-state index contributed by atoms with van der Waals surface area (Å²) in [5.41, 5.74) is 0.